The van der Waals surface area contributed by atoms with Crippen LogP contribution in [0.5, 0.6) is 0 Å². The van der Waals surface area contributed by atoms with Crippen molar-refractivity contribution < 1.29 is 14.3 Å². The molecule has 0 fully saturated rings. The van der Waals surface area contributed by atoms with Gasteiger partial charge in [-0.1, -0.05) is 0 Å². The highest BCUT2D eigenvalue weighted by atomic mass is 16.5. The molecule has 0 atom stereocenters. The minimum Gasteiger partial charge on any atom is -0.491 e. The highest BCUT2D eigenvalue weighted by Gasteiger charge is 2.28. The number of Topliss-reactive ketones (excluding diaryl/α,β-unsaturated/α-hetero) is 1. The van der Waals surface area contributed by atoms with Crippen LogP contribution in [-0.2, 0) is 14.3 Å². The van der Waals surface area contributed by atoms with E-state index < -0.39 is 0 Å². The molecule has 0 aromatic carbocycles. The Kier molecular flexibility index (Phi) is 2.91. The number of carbonyl (C=O) groups excluding carboxylic acids is 2. The summed E-state index contributed by atoms with van der Waals surface area (Å²) in [4.78, 5) is 23.0. The molecule has 0 radical (unpaired) electrons. The molecule has 0 aliphatic heterocycles. The number of likely N-dealkylation sites (N-methyl/N-ethyl adjacent to an activating group) is 2. The van der Waals surface area contributed by atoms with E-state index in [1.54, 1.807) is 14.1 Å². The van der Waals surface area contributed by atoms with E-state index in [1.165, 1.54) is 13.2 Å². The largest absolute Gasteiger partial charge is 0.491 e. The molecule has 0 heterocycles. The number of methoxy groups -OCH3 is 1. The molecule has 14 heavy (non-hydrogen) atoms. The fraction of sp³-hybridized carbons (Fsp3) is 0.333. The van der Waals surface area contributed by atoms with E-state index in [0.717, 1.165) is 0 Å². The summed E-state index contributed by atoms with van der Waals surface area (Å²) in [6.07, 6.45) is 1.25. The predicted octanol–water partition coefficient (Wildman–Crippen LogP) is -0.681. The molecule has 0 spiro atoms. The summed E-state index contributed by atoms with van der Waals surface area (Å²) in [6.45, 7) is 0. The van der Waals surface area contributed by atoms with E-state index in [0.29, 0.717) is 0 Å². The Morgan fingerprint density at radius 2 is 1.86 bits per heavy atom. The molecule has 1 aliphatic rings. The zero-order valence-corrected chi connectivity index (χ0v) is 8.30. The molecule has 0 bridgehead atoms. The van der Waals surface area contributed by atoms with E-state index >= 15 is 0 Å². The van der Waals surface area contributed by atoms with E-state index in [4.69, 9.17) is 4.74 Å². The van der Waals surface area contributed by atoms with Crippen LogP contribution >= 0.6 is 0 Å². The number of ether oxygens (including phenoxy) is 1. The smallest absolute Gasteiger partial charge is 0.245 e. The SMILES string of the molecule is CNC1=CC(=O)C(NC)=C(OC)C1=O. The van der Waals surface area contributed by atoms with Crippen molar-refractivity contribution in [2.75, 3.05) is 21.2 Å². The minimum atomic E-state index is -0.320. The summed E-state index contributed by atoms with van der Waals surface area (Å²) in [7, 11) is 4.50. The third-order valence-electron chi connectivity index (χ3n) is 1.92. The normalized spacial score (nSPS) is 16.6. The van der Waals surface area contributed by atoms with Gasteiger partial charge < -0.3 is 15.4 Å². The average molecular weight is 196 g/mol. The van der Waals surface area contributed by atoms with Gasteiger partial charge >= 0.3 is 0 Å². The summed E-state index contributed by atoms with van der Waals surface area (Å²) >= 11 is 0. The number of hydrogen-bond acceptors (Lipinski definition) is 5. The van der Waals surface area contributed by atoms with Gasteiger partial charge in [-0.15, -0.1) is 0 Å². The van der Waals surface area contributed by atoms with E-state index in [1.807, 2.05) is 0 Å². The molecule has 0 saturated carbocycles. The summed E-state index contributed by atoms with van der Waals surface area (Å²) in [5, 5.41) is 5.28. The topological polar surface area (TPSA) is 67.4 Å². The predicted molar refractivity (Wildman–Crippen MR) is 50.3 cm³/mol. The average Bonchev–Trinajstić information content (AvgIpc) is 2.20. The van der Waals surface area contributed by atoms with Gasteiger partial charge in [0.2, 0.25) is 11.6 Å². The first-order valence-corrected chi connectivity index (χ1v) is 4.10. The fourth-order valence-corrected chi connectivity index (χ4v) is 1.23. The standard InChI is InChI=1S/C9H12N2O3/c1-10-5-4-6(12)7(11-2)9(14-3)8(5)13/h4,10-11H,1-3H3. The van der Waals surface area contributed by atoms with Gasteiger partial charge in [0.25, 0.3) is 0 Å². The maximum Gasteiger partial charge on any atom is 0.245 e. The number of carbonyl (C=O) groups is 2. The number of nitrogens with one attached hydrogen (secondary N) is 2. The molecule has 76 valence electrons. The van der Waals surface area contributed by atoms with Crippen molar-refractivity contribution in [2.24, 2.45) is 0 Å². The van der Waals surface area contributed by atoms with Gasteiger partial charge in [-0.05, 0) is 0 Å². The molecular weight excluding hydrogens is 184 g/mol. The van der Waals surface area contributed by atoms with Gasteiger partial charge in [0.15, 0.2) is 5.76 Å². The summed E-state index contributed by atoms with van der Waals surface area (Å²) < 4.78 is 4.88. The molecule has 5 nitrogen and oxygen atoms in total. The van der Waals surface area contributed by atoms with Crippen LogP contribution in [-0.4, -0.2) is 32.8 Å². The minimum absolute atomic E-state index is 0.0457. The second-order valence-electron chi connectivity index (χ2n) is 2.66. The van der Waals surface area contributed by atoms with Crippen molar-refractivity contribution in [1.82, 2.24) is 10.6 Å². The van der Waals surface area contributed by atoms with Gasteiger partial charge in [-0.2, -0.15) is 0 Å². The zero-order chi connectivity index (χ0) is 10.7. The summed E-state index contributed by atoms with van der Waals surface area (Å²) in [5.74, 6) is -0.545. The highest BCUT2D eigenvalue weighted by molar-refractivity contribution is 6.21. The Bertz CT molecular complexity index is 342. The Balaban J connectivity index is 3.17. The van der Waals surface area contributed by atoms with E-state index in [-0.39, 0.29) is 28.7 Å². The van der Waals surface area contributed by atoms with Crippen LogP contribution in [0.15, 0.2) is 23.2 Å². The molecule has 5 heteroatoms. The van der Waals surface area contributed by atoms with Gasteiger partial charge in [0.05, 0.1) is 12.8 Å². The van der Waals surface area contributed by atoms with Crippen molar-refractivity contribution in [2.45, 2.75) is 0 Å². The molecule has 0 saturated heterocycles. The first-order valence-electron chi connectivity index (χ1n) is 4.10. The third-order valence-corrected chi connectivity index (χ3v) is 1.92. The van der Waals surface area contributed by atoms with Crippen molar-refractivity contribution in [3.8, 4) is 0 Å². The number of ketones is 2. The van der Waals surface area contributed by atoms with Crippen LogP contribution in [0.4, 0.5) is 0 Å². The summed E-state index contributed by atoms with van der Waals surface area (Å²) in [6, 6.07) is 0. The van der Waals surface area contributed by atoms with Gasteiger partial charge in [0.1, 0.15) is 5.70 Å². The monoisotopic (exact) mass is 196 g/mol. The number of rotatable bonds is 3. The Morgan fingerprint density at radius 1 is 1.21 bits per heavy atom. The fourth-order valence-electron chi connectivity index (χ4n) is 1.23. The maximum atomic E-state index is 11.6. The third kappa shape index (κ3) is 1.48. The lowest BCUT2D eigenvalue weighted by atomic mass is 10.0. The van der Waals surface area contributed by atoms with Crippen LogP contribution in [0.2, 0.25) is 0 Å². The quantitative estimate of drug-likeness (QED) is 0.585. The second-order valence-corrected chi connectivity index (χ2v) is 2.66. The van der Waals surface area contributed by atoms with Crippen LogP contribution in [0, 0.1) is 0 Å². The number of allylic oxidation sites excluding steroid dienone is 1. The van der Waals surface area contributed by atoms with Crippen LogP contribution in [0.1, 0.15) is 0 Å². The van der Waals surface area contributed by atoms with Crippen molar-refractivity contribution >= 4 is 11.6 Å². The van der Waals surface area contributed by atoms with Crippen molar-refractivity contribution in [3.63, 3.8) is 0 Å². The Labute approximate surface area is 81.8 Å². The first-order chi connectivity index (χ1) is 6.65. The molecule has 0 aromatic rings. The molecule has 0 unspecified atom stereocenters. The number of hydrogen-bond donors (Lipinski definition) is 2. The molecule has 1 rings (SSSR count). The zero-order valence-electron chi connectivity index (χ0n) is 8.30. The molecular formula is C9H12N2O3. The van der Waals surface area contributed by atoms with Gasteiger partial charge in [-0.3, -0.25) is 9.59 Å². The second kappa shape index (κ2) is 3.95. The summed E-state index contributed by atoms with van der Waals surface area (Å²) in [5.41, 5.74) is 0.433. The molecule has 0 aromatic heterocycles. The van der Waals surface area contributed by atoms with Crippen molar-refractivity contribution in [3.05, 3.63) is 23.2 Å². The van der Waals surface area contributed by atoms with Crippen molar-refractivity contribution in [1.29, 1.82) is 0 Å². The van der Waals surface area contributed by atoms with Gasteiger partial charge in [0, 0.05) is 20.2 Å². The van der Waals surface area contributed by atoms with E-state index in [2.05, 4.69) is 10.6 Å². The Hall–Kier alpha value is -1.78. The van der Waals surface area contributed by atoms with Crippen LogP contribution in [0.3, 0.4) is 0 Å². The molecule has 2 N–H and O–H groups in total. The first kappa shape index (κ1) is 10.3. The Morgan fingerprint density at radius 3 is 2.29 bits per heavy atom. The van der Waals surface area contributed by atoms with E-state index in [9.17, 15) is 9.59 Å². The highest BCUT2D eigenvalue weighted by Crippen LogP contribution is 2.15. The lowest BCUT2D eigenvalue weighted by Gasteiger charge is -2.16. The van der Waals surface area contributed by atoms with Gasteiger partial charge in [-0.25, -0.2) is 0 Å². The van der Waals surface area contributed by atoms with Crippen LogP contribution < -0.4 is 10.6 Å². The molecule has 0 amide bonds. The lowest BCUT2D eigenvalue weighted by molar-refractivity contribution is -0.118. The lowest BCUT2D eigenvalue weighted by Crippen LogP contribution is -2.31. The molecule has 1 aliphatic carbocycles. The van der Waals surface area contributed by atoms with Crippen LogP contribution in [0.25, 0.3) is 0 Å². The maximum absolute atomic E-state index is 11.6.